The molecule has 0 radical (unpaired) electrons. The summed E-state index contributed by atoms with van der Waals surface area (Å²) in [6.07, 6.45) is -0.240. The lowest BCUT2D eigenvalue weighted by molar-refractivity contribution is -0.119. The zero-order valence-corrected chi connectivity index (χ0v) is 14.8. The molecule has 23 heavy (non-hydrogen) atoms. The molecule has 0 atom stereocenters. The van der Waals surface area contributed by atoms with Gasteiger partial charge in [0.05, 0.1) is 11.5 Å². The molecule has 0 aliphatic rings. The fourth-order valence-electron chi connectivity index (χ4n) is 1.93. The summed E-state index contributed by atoms with van der Waals surface area (Å²) in [5, 5.41) is 4.27. The average Bonchev–Trinajstić information content (AvgIpc) is 2.44. The van der Waals surface area contributed by atoms with Crippen molar-refractivity contribution >= 4 is 21.8 Å². The van der Waals surface area contributed by atoms with Crippen molar-refractivity contribution in [3.63, 3.8) is 0 Å². The smallest absolute Gasteiger partial charge is 0.321 e. The monoisotopic (exact) mass is 340 g/mol. The zero-order valence-electron chi connectivity index (χ0n) is 14.0. The zero-order chi connectivity index (χ0) is 17.7. The fourth-order valence-corrected chi connectivity index (χ4v) is 3.27. The quantitative estimate of drug-likeness (QED) is 0.854. The highest BCUT2D eigenvalue weighted by Crippen LogP contribution is 2.22. The Morgan fingerprint density at radius 1 is 1.09 bits per heavy atom. The van der Waals surface area contributed by atoms with E-state index in [0.29, 0.717) is 5.56 Å². The third-order valence-electron chi connectivity index (χ3n) is 3.33. The van der Waals surface area contributed by atoms with Gasteiger partial charge in [-0.2, -0.15) is 0 Å². The third-order valence-corrected chi connectivity index (χ3v) is 4.93. The van der Waals surface area contributed by atoms with Crippen LogP contribution in [0.25, 0.3) is 0 Å². The first-order valence-corrected chi connectivity index (χ1v) is 9.17. The molecule has 1 aromatic carbocycles. The van der Waals surface area contributed by atoms with Crippen LogP contribution in [-0.2, 0) is 25.8 Å². The number of benzene rings is 1. The first kappa shape index (κ1) is 19.2. The number of rotatable bonds is 5. The van der Waals surface area contributed by atoms with E-state index in [2.05, 4.69) is 26.1 Å². The number of carbonyl (C=O) groups excluding carboxylic acids is 2. The number of hydrogen-bond acceptors (Lipinski definition) is 4. The first-order valence-electron chi connectivity index (χ1n) is 7.35. The Hall–Kier alpha value is -1.89. The van der Waals surface area contributed by atoms with Crippen LogP contribution >= 0.6 is 0 Å². The van der Waals surface area contributed by atoms with Crippen LogP contribution in [0.15, 0.2) is 24.3 Å². The van der Waals surface area contributed by atoms with Crippen LogP contribution in [0.1, 0.15) is 38.3 Å². The van der Waals surface area contributed by atoms with E-state index in [9.17, 15) is 18.0 Å². The molecule has 0 aliphatic carbocycles. The summed E-state index contributed by atoms with van der Waals surface area (Å²) in [4.78, 5) is 22.4. The number of imide groups is 1. The Labute approximate surface area is 137 Å². The molecule has 128 valence electrons. The predicted octanol–water partition coefficient (Wildman–Crippen LogP) is 1.74. The molecule has 0 saturated heterocycles. The molecule has 3 amide bonds. The molecule has 2 N–H and O–H groups in total. The molecule has 0 heterocycles. The van der Waals surface area contributed by atoms with Crippen molar-refractivity contribution in [1.29, 1.82) is 0 Å². The normalized spacial score (nSPS) is 11.8. The molecule has 0 saturated carbocycles. The van der Waals surface area contributed by atoms with Crippen LogP contribution in [0.2, 0.25) is 0 Å². The minimum atomic E-state index is -3.41. The van der Waals surface area contributed by atoms with Gasteiger partial charge in [-0.1, -0.05) is 45.0 Å². The molecular formula is C16H24N2O4S. The highest BCUT2D eigenvalue weighted by Gasteiger charge is 2.17. The Bertz CT molecular complexity index is 658. The number of amides is 3. The van der Waals surface area contributed by atoms with E-state index in [0.717, 1.165) is 5.56 Å². The number of urea groups is 1. The van der Waals surface area contributed by atoms with Crippen LogP contribution in [0.5, 0.6) is 0 Å². The van der Waals surface area contributed by atoms with Crippen molar-refractivity contribution in [1.82, 2.24) is 10.6 Å². The minimum absolute atomic E-state index is 0.00927. The molecule has 0 aliphatic heterocycles. The van der Waals surface area contributed by atoms with Gasteiger partial charge in [0.1, 0.15) is 0 Å². The van der Waals surface area contributed by atoms with E-state index in [1.54, 1.807) is 12.1 Å². The van der Waals surface area contributed by atoms with Crippen molar-refractivity contribution in [2.75, 3.05) is 12.8 Å². The summed E-state index contributed by atoms with van der Waals surface area (Å²) in [6, 6.07) is 6.78. The molecule has 0 spiro atoms. The van der Waals surface area contributed by atoms with Crippen molar-refractivity contribution in [2.45, 2.75) is 38.4 Å². The van der Waals surface area contributed by atoms with Gasteiger partial charge >= 0.3 is 6.03 Å². The van der Waals surface area contributed by atoms with Crippen LogP contribution in [-0.4, -0.2) is 33.2 Å². The van der Waals surface area contributed by atoms with E-state index >= 15 is 0 Å². The van der Waals surface area contributed by atoms with Crippen LogP contribution in [0.4, 0.5) is 4.79 Å². The lowest BCUT2D eigenvalue weighted by Crippen LogP contribution is -2.38. The maximum Gasteiger partial charge on any atom is 0.321 e. The summed E-state index contributed by atoms with van der Waals surface area (Å²) in [7, 11) is -2.04. The number of hydrogen-bond donors (Lipinski definition) is 2. The van der Waals surface area contributed by atoms with Gasteiger partial charge in [0.25, 0.3) is 0 Å². The van der Waals surface area contributed by atoms with E-state index < -0.39 is 21.8 Å². The van der Waals surface area contributed by atoms with Crippen molar-refractivity contribution in [3.8, 4) is 0 Å². The Morgan fingerprint density at radius 2 is 1.65 bits per heavy atom. The molecule has 0 fully saturated rings. The van der Waals surface area contributed by atoms with E-state index in [4.69, 9.17) is 0 Å². The highest BCUT2D eigenvalue weighted by molar-refractivity contribution is 7.90. The Kier molecular flexibility index (Phi) is 6.32. The van der Waals surface area contributed by atoms with Gasteiger partial charge in [-0.15, -0.1) is 0 Å². The lowest BCUT2D eigenvalue weighted by atomic mass is 9.87. The molecule has 0 bridgehead atoms. The van der Waals surface area contributed by atoms with Gasteiger partial charge in [0.2, 0.25) is 5.91 Å². The standard InChI is InChI=1S/C16H24N2O4S/c1-16(2,3)13-7-5-12(6-8-13)11-23(21,22)10-9-14(19)18-15(20)17-4/h5-8H,9-11H2,1-4H3,(H2,17,18,19,20). The number of carbonyl (C=O) groups is 2. The summed E-state index contributed by atoms with van der Waals surface area (Å²) < 4.78 is 24.1. The SMILES string of the molecule is CNC(=O)NC(=O)CCS(=O)(=O)Cc1ccc(C(C)(C)C)cc1. The maximum absolute atomic E-state index is 12.1. The predicted molar refractivity (Wildman–Crippen MR) is 89.8 cm³/mol. The molecular weight excluding hydrogens is 316 g/mol. The molecule has 0 aromatic heterocycles. The molecule has 1 aromatic rings. The van der Waals surface area contributed by atoms with Crippen molar-refractivity contribution in [3.05, 3.63) is 35.4 Å². The second kappa shape index (κ2) is 7.59. The van der Waals surface area contributed by atoms with Gasteiger partial charge in [-0.3, -0.25) is 10.1 Å². The van der Waals surface area contributed by atoms with Gasteiger partial charge < -0.3 is 5.32 Å². The van der Waals surface area contributed by atoms with Crippen molar-refractivity contribution < 1.29 is 18.0 Å². The molecule has 0 unspecified atom stereocenters. The first-order chi connectivity index (χ1) is 10.5. The van der Waals surface area contributed by atoms with Crippen molar-refractivity contribution in [2.24, 2.45) is 0 Å². The average molecular weight is 340 g/mol. The second-order valence-electron chi connectivity index (χ2n) is 6.42. The summed E-state index contributed by atoms with van der Waals surface area (Å²) in [6.45, 7) is 6.26. The topological polar surface area (TPSA) is 92.3 Å². The van der Waals surface area contributed by atoms with Gasteiger partial charge in [0.15, 0.2) is 9.84 Å². The van der Waals surface area contributed by atoms with E-state index in [1.165, 1.54) is 7.05 Å². The summed E-state index contributed by atoms with van der Waals surface area (Å²) in [5.41, 5.74) is 1.82. The highest BCUT2D eigenvalue weighted by atomic mass is 32.2. The van der Waals surface area contributed by atoms with E-state index in [-0.39, 0.29) is 23.3 Å². The molecule has 6 nitrogen and oxygen atoms in total. The maximum atomic E-state index is 12.1. The van der Waals surface area contributed by atoms with E-state index in [1.807, 2.05) is 17.4 Å². The third kappa shape index (κ3) is 6.81. The Morgan fingerprint density at radius 3 is 2.13 bits per heavy atom. The van der Waals surface area contributed by atoms with Gasteiger partial charge in [-0.05, 0) is 16.5 Å². The largest absolute Gasteiger partial charge is 0.341 e. The molecule has 1 rings (SSSR count). The van der Waals surface area contributed by atoms with Gasteiger partial charge in [0, 0.05) is 13.5 Å². The van der Waals surface area contributed by atoms with Crippen LogP contribution in [0.3, 0.4) is 0 Å². The van der Waals surface area contributed by atoms with Crippen LogP contribution < -0.4 is 10.6 Å². The second-order valence-corrected chi connectivity index (χ2v) is 8.60. The number of nitrogens with one attached hydrogen (secondary N) is 2. The van der Waals surface area contributed by atoms with Crippen LogP contribution in [0, 0.1) is 0 Å². The van der Waals surface area contributed by atoms with Gasteiger partial charge in [-0.25, -0.2) is 13.2 Å². The summed E-state index contributed by atoms with van der Waals surface area (Å²) in [5.74, 6) is -1.03. The molecule has 7 heteroatoms. The number of sulfone groups is 1. The Balaban J connectivity index is 2.61. The summed E-state index contributed by atoms with van der Waals surface area (Å²) >= 11 is 0. The minimum Gasteiger partial charge on any atom is -0.341 e. The fraction of sp³-hybridized carbons (Fsp3) is 0.500. The lowest BCUT2D eigenvalue weighted by Gasteiger charge is -2.19.